The van der Waals surface area contributed by atoms with Gasteiger partial charge in [0.2, 0.25) is 6.29 Å². The van der Waals surface area contributed by atoms with Crippen LogP contribution in [0.4, 0.5) is 0 Å². The molecule has 2 heterocycles. The lowest BCUT2D eigenvalue weighted by Gasteiger charge is -2.45. The highest BCUT2D eigenvalue weighted by Crippen LogP contribution is 2.43. The van der Waals surface area contributed by atoms with Crippen LogP contribution in [0.5, 0.6) is 11.5 Å². The van der Waals surface area contributed by atoms with E-state index in [-0.39, 0.29) is 18.6 Å². The maximum atomic E-state index is 12.1. The van der Waals surface area contributed by atoms with Crippen LogP contribution in [0.25, 0.3) is 0 Å². The number of carbonyl (C=O) groups is 2. The van der Waals surface area contributed by atoms with Gasteiger partial charge in [0.05, 0.1) is 7.11 Å². The molecule has 0 bridgehead atoms. The number of rotatable bonds is 6. The van der Waals surface area contributed by atoms with Crippen molar-refractivity contribution in [3.05, 3.63) is 23.3 Å². The van der Waals surface area contributed by atoms with Gasteiger partial charge in [-0.15, -0.1) is 0 Å². The fraction of sp³-hybridized carbons (Fsp3) is 0.680. The molecular formula is C25H35NO7. The Balaban J connectivity index is 1.56. The Morgan fingerprint density at radius 2 is 2.06 bits per heavy atom. The number of carbonyl (C=O) groups excluding carboxylic acids is 2. The van der Waals surface area contributed by atoms with Crippen molar-refractivity contribution in [3.8, 4) is 11.5 Å². The Morgan fingerprint density at radius 3 is 2.79 bits per heavy atom. The molecule has 8 nitrogen and oxygen atoms in total. The van der Waals surface area contributed by atoms with Gasteiger partial charge < -0.3 is 24.1 Å². The van der Waals surface area contributed by atoms with Crippen LogP contribution in [0.15, 0.2) is 12.1 Å². The summed E-state index contributed by atoms with van der Waals surface area (Å²) in [6.07, 6.45) is 3.47. The molecule has 0 unspecified atom stereocenters. The fourth-order valence-electron chi connectivity index (χ4n) is 5.67. The summed E-state index contributed by atoms with van der Waals surface area (Å²) in [5, 5.41) is 10.7. The number of benzene rings is 1. The highest BCUT2D eigenvalue weighted by Gasteiger charge is 2.40. The van der Waals surface area contributed by atoms with Gasteiger partial charge >= 0.3 is 11.9 Å². The molecule has 1 aliphatic carbocycles. The summed E-state index contributed by atoms with van der Waals surface area (Å²) in [5.74, 6) is 0.0211. The van der Waals surface area contributed by atoms with E-state index in [0.717, 1.165) is 44.3 Å². The van der Waals surface area contributed by atoms with Crippen LogP contribution in [-0.4, -0.2) is 66.7 Å². The fourth-order valence-corrected chi connectivity index (χ4v) is 5.67. The lowest BCUT2D eigenvalue weighted by Crippen LogP contribution is -2.49. The van der Waals surface area contributed by atoms with Gasteiger partial charge in [-0.25, -0.2) is 4.79 Å². The number of fused-ring (bicyclic) bond motifs is 2. The standard InChI is InChI=1S/C25H35NO7/c1-4-9-26-10-5-6-17-11-19-16(12-20(17)26)7-8-21(28)24(19)33-23-14-18(31-15(2)27)13-22(32-23)25(29)30-3/h7-8,17-18,20,22-23,28H,4-6,9-14H2,1-3H3/t17-,18+,20-,22+,23+/m1/s1. The second kappa shape index (κ2) is 10.3. The smallest absolute Gasteiger partial charge is 0.335 e. The number of hydrogen-bond donors (Lipinski definition) is 1. The van der Waals surface area contributed by atoms with E-state index in [2.05, 4.69) is 11.8 Å². The average Bonchev–Trinajstić information content (AvgIpc) is 2.79. The Morgan fingerprint density at radius 1 is 1.24 bits per heavy atom. The summed E-state index contributed by atoms with van der Waals surface area (Å²) in [6.45, 7) is 5.81. The van der Waals surface area contributed by atoms with Crippen LogP contribution in [0.2, 0.25) is 0 Å². The molecule has 4 rings (SSSR count). The molecule has 5 atom stereocenters. The molecule has 1 N–H and O–H groups in total. The molecule has 0 radical (unpaired) electrons. The first-order chi connectivity index (χ1) is 15.9. The predicted octanol–water partition coefficient (Wildman–Crippen LogP) is 2.97. The van der Waals surface area contributed by atoms with Gasteiger partial charge in [0, 0.05) is 31.4 Å². The van der Waals surface area contributed by atoms with Crippen LogP contribution in [0.3, 0.4) is 0 Å². The maximum Gasteiger partial charge on any atom is 0.335 e. The highest BCUT2D eigenvalue weighted by molar-refractivity contribution is 5.74. The van der Waals surface area contributed by atoms with Crippen molar-refractivity contribution in [2.45, 2.75) is 83.3 Å². The van der Waals surface area contributed by atoms with Crippen LogP contribution < -0.4 is 4.74 Å². The number of aromatic hydroxyl groups is 1. The molecule has 0 spiro atoms. The number of phenols is 1. The van der Waals surface area contributed by atoms with Gasteiger partial charge in [-0.2, -0.15) is 0 Å². The van der Waals surface area contributed by atoms with E-state index in [1.807, 2.05) is 6.07 Å². The molecule has 8 heteroatoms. The molecule has 2 aliphatic heterocycles. The molecule has 0 saturated carbocycles. The molecular weight excluding hydrogens is 426 g/mol. The minimum atomic E-state index is -0.898. The minimum absolute atomic E-state index is 0.0567. The zero-order chi connectivity index (χ0) is 23.5. The lowest BCUT2D eigenvalue weighted by atomic mass is 9.75. The molecule has 2 fully saturated rings. The summed E-state index contributed by atoms with van der Waals surface area (Å²) in [7, 11) is 1.29. The Labute approximate surface area is 195 Å². The van der Waals surface area contributed by atoms with Crippen molar-refractivity contribution in [2.75, 3.05) is 20.2 Å². The van der Waals surface area contributed by atoms with E-state index in [1.165, 1.54) is 26.0 Å². The Bertz CT molecular complexity index is 871. The molecule has 3 aliphatic rings. The molecule has 182 valence electrons. The van der Waals surface area contributed by atoms with Gasteiger partial charge in [-0.05, 0) is 62.7 Å². The van der Waals surface area contributed by atoms with Crippen LogP contribution in [-0.2, 0) is 36.6 Å². The second-order valence-electron chi connectivity index (χ2n) is 9.36. The summed E-state index contributed by atoms with van der Waals surface area (Å²) >= 11 is 0. The summed E-state index contributed by atoms with van der Waals surface area (Å²) < 4.78 is 22.2. The molecule has 1 aromatic rings. The van der Waals surface area contributed by atoms with Gasteiger partial charge in [0.1, 0.15) is 6.10 Å². The molecule has 0 aromatic heterocycles. The number of nitrogens with zero attached hydrogens (tertiary/aromatic N) is 1. The third kappa shape index (κ3) is 5.27. The summed E-state index contributed by atoms with van der Waals surface area (Å²) in [4.78, 5) is 26.3. The van der Waals surface area contributed by atoms with Gasteiger partial charge in [0.25, 0.3) is 0 Å². The van der Waals surface area contributed by atoms with Crippen LogP contribution in [0, 0.1) is 5.92 Å². The summed E-state index contributed by atoms with van der Waals surface area (Å²) in [6, 6.07) is 4.19. The SMILES string of the molecule is CCCN1CCC[C@@H]2Cc3c(ccc(O)c3O[C@H]3C[C@@H](OC(C)=O)C[C@@H](C(=O)OC)O3)C[C@H]21. The number of phenolic OH excluding ortho intramolecular Hbond substituents is 1. The quantitative estimate of drug-likeness (QED) is 0.646. The number of ether oxygens (including phenoxy) is 4. The first kappa shape index (κ1) is 23.8. The average molecular weight is 462 g/mol. The Kier molecular flexibility index (Phi) is 7.44. The van der Waals surface area contributed by atoms with Crippen LogP contribution in [0.1, 0.15) is 57.1 Å². The lowest BCUT2D eigenvalue weighted by molar-refractivity contribution is -0.204. The van der Waals surface area contributed by atoms with Crippen molar-refractivity contribution in [3.63, 3.8) is 0 Å². The van der Waals surface area contributed by atoms with E-state index in [1.54, 1.807) is 6.07 Å². The number of likely N-dealkylation sites (tertiary alicyclic amines) is 1. The third-order valence-corrected chi connectivity index (χ3v) is 7.07. The van der Waals surface area contributed by atoms with Crippen LogP contribution >= 0.6 is 0 Å². The normalized spacial score (nSPS) is 29.5. The van der Waals surface area contributed by atoms with E-state index in [9.17, 15) is 14.7 Å². The number of methoxy groups -OCH3 is 1. The van der Waals surface area contributed by atoms with Gasteiger partial charge in [0.15, 0.2) is 17.6 Å². The monoisotopic (exact) mass is 461 g/mol. The zero-order valence-corrected chi connectivity index (χ0v) is 19.7. The van der Waals surface area contributed by atoms with Crippen molar-refractivity contribution in [1.29, 1.82) is 0 Å². The van der Waals surface area contributed by atoms with E-state index < -0.39 is 30.4 Å². The summed E-state index contributed by atoms with van der Waals surface area (Å²) in [5.41, 5.74) is 2.20. The molecule has 0 amide bonds. The first-order valence-corrected chi connectivity index (χ1v) is 12.0. The first-order valence-electron chi connectivity index (χ1n) is 12.0. The third-order valence-electron chi connectivity index (χ3n) is 7.07. The van der Waals surface area contributed by atoms with Gasteiger partial charge in [-0.3, -0.25) is 9.69 Å². The van der Waals surface area contributed by atoms with Gasteiger partial charge in [-0.1, -0.05) is 13.0 Å². The van der Waals surface area contributed by atoms with E-state index in [0.29, 0.717) is 17.7 Å². The van der Waals surface area contributed by atoms with Crippen molar-refractivity contribution in [2.24, 2.45) is 5.92 Å². The molecule has 2 saturated heterocycles. The van der Waals surface area contributed by atoms with Crippen molar-refractivity contribution < 1.29 is 33.6 Å². The Hall–Kier alpha value is -2.32. The highest BCUT2D eigenvalue weighted by atomic mass is 16.7. The number of hydrogen-bond acceptors (Lipinski definition) is 8. The zero-order valence-electron chi connectivity index (χ0n) is 19.7. The topological polar surface area (TPSA) is 94.5 Å². The number of piperidine rings is 1. The molecule has 1 aromatic carbocycles. The van der Waals surface area contributed by atoms with E-state index >= 15 is 0 Å². The second-order valence-corrected chi connectivity index (χ2v) is 9.36. The minimum Gasteiger partial charge on any atom is -0.504 e. The maximum absolute atomic E-state index is 12.1. The number of esters is 2. The predicted molar refractivity (Wildman–Crippen MR) is 120 cm³/mol. The van der Waals surface area contributed by atoms with Crippen molar-refractivity contribution in [1.82, 2.24) is 4.90 Å². The largest absolute Gasteiger partial charge is 0.504 e. The van der Waals surface area contributed by atoms with Crippen molar-refractivity contribution >= 4 is 11.9 Å². The molecule has 33 heavy (non-hydrogen) atoms. The van der Waals surface area contributed by atoms with E-state index in [4.69, 9.17) is 18.9 Å².